The molecule has 1 aromatic rings. The van der Waals surface area contributed by atoms with E-state index < -0.39 is 34.0 Å². The summed E-state index contributed by atoms with van der Waals surface area (Å²) < 4.78 is 61.2. The minimum absolute atomic E-state index is 0.333. The van der Waals surface area contributed by atoms with Crippen LogP contribution in [-0.2, 0) is 12.6 Å². The van der Waals surface area contributed by atoms with E-state index in [2.05, 4.69) is 29.9 Å². The van der Waals surface area contributed by atoms with Gasteiger partial charge in [-0.15, -0.1) is 0 Å². The van der Waals surface area contributed by atoms with E-state index in [1.807, 2.05) is 0 Å². The first-order chi connectivity index (χ1) is 7.20. The SMILES string of the molecule is Fc1c(F)c(F)c([S-])c(F)c1F.[CH3][Ge]([CH3])[CH3]. The molecule has 0 aliphatic rings. The van der Waals surface area contributed by atoms with Gasteiger partial charge in [-0.3, -0.25) is 0 Å². The monoisotopic (exact) mass is 318 g/mol. The fraction of sp³-hybridized carbons (Fsp3) is 0.333. The molecule has 0 N–H and O–H groups in total. The summed E-state index contributed by atoms with van der Waals surface area (Å²) in [4.78, 5) is -1.29. The van der Waals surface area contributed by atoms with Crippen LogP contribution in [0.25, 0.3) is 0 Å². The fourth-order valence-electron chi connectivity index (χ4n) is 0.585. The minimum atomic E-state index is -2.20. The molecule has 7 heteroatoms. The second-order valence-electron chi connectivity index (χ2n) is 3.40. The Balaban J connectivity index is 0.000000487. The molecule has 1 aromatic carbocycles. The zero-order valence-corrected chi connectivity index (χ0v) is 11.7. The molecule has 0 unspecified atom stereocenters. The summed E-state index contributed by atoms with van der Waals surface area (Å²) in [5, 5.41) is 0. The number of hydrogen-bond acceptors (Lipinski definition) is 1. The molecule has 0 nitrogen and oxygen atoms in total. The van der Waals surface area contributed by atoms with Crippen molar-refractivity contribution in [3.8, 4) is 0 Å². The Hall–Kier alpha value is -0.367. The summed E-state index contributed by atoms with van der Waals surface area (Å²) in [6.45, 7) is 0. The van der Waals surface area contributed by atoms with Crippen LogP contribution in [0.15, 0.2) is 4.90 Å². The molecule has 0 bridgehead atoms. The zero-order chi connectivity index (χ0) is 13.0. The van der Waals surface area contributed by atoms with Crippen molar-refractivity contribution in [2.75, 3.05) is 0 Å². The van der Waals surface area contributed by atoms with Gasteiger partial charge in [0.2, 0.25) is 0 Å². The summed E-state index contributed by atoms with van der Waals surface area (Å²) in [7, 11) is 0. The summed E-state index contributed by atoms with van der Waals surface area (Å²) >= 11 is 3.60. The second kappa shape index (κ2) is 6.39. The Morgan fingerprint density at radius 3 is 1.12 bits per heavy atom. The third-order valence-corrected chi connectivity index (χ3v) is 1.53. The van der Waals surface area contributed by atoms with Gasteiger partial charge < -0.3 is 12.6 Å². The molecule has 16 heavy (non-hydrogen) atoms. The molecular formula is C9H9F5GeS-. The molecule has 0 aromatic heterocycles. The Bertz CT molecular complexity index is 273. The average Bonchev–Trinajstić information content (AvgIpc) is 2.20. The van der Waals surface area contributed by atoms with Gasteiger partial charge in [0.25, 0.3) is 0 Å². The second-order valence-corrected chi connectivity index (χ2v) is 10.1. The molecule has 0 amide bonds. The first kappa shape index (κ1) is 15.6. The van der Waals surface area contributed by atoms with E-state index in [1.54, 1.807) is 0 Å². The van der Waals surface area contributed by atoms with Crippen molar-refractivity contribution < 1.29 is 22.0 Å². The number of halogens is 5. The van der Waals surface area contributed by atoms with Crippen LogP contribution in [0.2, 0.25) is 17.3 Å². The van der Waals surface area contributed by atoms with Crippen molar-refractivity contribution in [3.05, 3.63) is 29.1 Å². The van der Waals surface area contributed by atoms with Crippen molar-refractivity contribution in [2.24, 2.45) is 0 Å². The number of rotatable bonds is 0. The molecule has 1 rings (SSSR count). The Morgan fingerprint density at radius 2 is 0.875 bits per heavy atom. The Morgan fingerprint density at radius 1 is 0.688 bits per heavy atom. The van der Waals surface area contributed by atoms with Crippen LogP contribution in [0, 0.1) is 29.1 Å². The summed E-state index contributed by atoms with van der Waals surface area (Å²) in [5.74, 6) is -3.17. The fourth-order valence-corrected chi connectivity index (χ4v) is 0.764. The molecule has 0 aliphatic heterocycles. The van der Waals surface area contributed by atoms with Gasteiger partial charge in [0.1, 0.15) is 11.6 Å². The van der Waals surface area contributed by atoms with Crippen molar-refractivity contribution in [1.29, 1.82) is 0 Å². The van der Waals surface area contributed by atoms with E-state index in [0.717, 1.165) is 0 Å². The summed E-state index contributed by atoms with van der Waals surface area (Å²) in [6, 6.07) is 0. The Labute approximate surface area is 100 Å². The first-order valence-corrected chi connectivity index (χ1v) is 10.9. The van der Waals surface area contributed by atoms with Crippen LogP contribution in [0.5, 0.6) is 0 Å². The molecule has 1 radical (unpaired) electrons. The van der Waals surface area contributed by atoms with Crippen molar-refractivity contribution in [2.45, 2.75) is 22.2 Å². The standard InChI is InChI=1S/C6HF5S.C3H9Ge/c7-1-2(8)4(10)6(12)5(11)3(1)9;1-4(2)3/h12H;1-3H3/p-1. The van der Waals surface area contributed by atoms with Crippen LogP contribution < -0.4 is 0 Å². The number of benzene rings is 1. The quantitative estimate of drug-likeness (QED) is 0.231. The zero-order valence-electron chi connectivity index (χ0n) is 8.80. The molecule has 0 aliphatic carbocycles. The molecule has 0 heterocycles. The Kier molecular flexibility index (Phi) is 6.24. The number of hydrogen-bond donors (Lipinski definition) is 0. The first-order valence-electron chi connectivity index (χ1n) is 4.15. The van der Waals surface area contributed by atoms with Gasteiger partial charge >= 0.3 is 31.6 Å². The molecule has 0 saturated carbocycles. The molecule has 0 atom stereocenters. The molecule has 0 spiro atoms. The average molecular weight is 317 g/mol. The van der Waals surface area contributed by atoms with Gasteiger partial charge in [-0.25, -0.2) is 22.0 Å². The van der Waals surface area contributed by atoms with Crippen LogP contribution in [-0.4, -0.2) is 14.3 Å². The topological polar surface area (TPSA) is 0 Å². The molecule has 0 saturated heterocycles. The van der Waals surface area contributed by atoms with E-state index in [0.29, 0.717) is 0 Å². The third-order valence-electron chi connectivity index (χ3n) is 1.17. The third kappa shape index (κ3) is 3.90. The maximum absolute atomic E-state index is 12.3. The van der Waals surface area contributed by atoms with E-state index in [1.165, 1.54) is 0 Å². The van der Waals surface area contributed by atoms with Crippen molar-refractivity contribution >= 4 is 27.0 Å². The molecule has 0 fully saturated rings. The molecular weight excluding hydrogens is 308 g/mol. The van der Waals surface area contributed by atoms with E-state index in [4.69, 9.17) is 0 Å². The van der Waals surface area contributed by atoms with Gasteiger partial charge in [0, 0.05) is 0 Å². The van der Waals surface area contributed by atoms with Crippen molar-refractivity contribution in [3.63, 3.8) is 0 Å². The van der Waals surface area contributed by atoms with Gasteiger partial charge in [-0.2, -0.15) is 0 Å². The van der Waals surface area contributed by atoms with Crippen LogP contribution >= 0.6 is 0 Å². The van der Waals surface area contributed by atoms with Gasteiger partial charge in [-0.1, -0.05) is 4.90 Å². The summed E-state index contributed by atoms with van der Waals surface area (Å²) in [6.07, 6.45) is 0. The van der Waals surface area contributed by atoms with Crippen molar-refractivity contribution in [1.82, 2.24) is 0 Å². The summed E-state index contributed by atoms with van der Waals surface area (Å²) in [5.41, 5.74) is 0. The van der Waals surface area contributed by atoms with E-state index >= 15 is 0 Å². The van der Waals surface area contributed by atoms with Gasteiger partial charge in [0.15, 0.2) is 17.5 Å². The van der Waals surface area contributed by atoms with Gasteiger partial charge in [-0.05, 0) is 0 Å². The van der Waals surface area contributed by atoms with E-state index in [-0.39, 0.29) is 14.3 Å². The predicted octanol–water partition coefficient (Wildman–Crippen LogP) is 3.66. The normalized spacial score (nSPS) is 10.1. The van der Waals surface area contributed by atoms with Crippen LogP contribution in [0.1, 0.15) is 0 Å². The predicted molar refractivity (Wildman–Crippen MR) is 55.2 cm³/mol. The van der Waals surface area contributed by atoms with Gasteiger partial charge in [0.05, 0.1) is 0 Å². The maximum atomic E-state index is 12.3. The van der Waals surface area contributed by atoms with Crippen LogP contribution in [0.3, 0.4) is 0 Å². The van der Waals surface area contributed by atoms with Crippen LogP contribution in [0.4, 0.5) is 22.0 Å². The molecule has 91 valence electrons. The van der Waals surface area contributed by atoms with E-state index in [9.17, 15) is 22.0 Å².